The number of hydrogen-bond acceptors (Lipinski definition) is 4. The number of benzene rings is 1. The van der Waals surface area contributed by atoms with E-state index in [0.717, 1.165) is 0 Å². The van der Waals surface area contributed by atoms with Crippen molar-refractivity contribution in [1.82, 2.24) is 5.32 Å². The zero-order chi connectivity index (χ0) is 13.7. The number of nitrogens with one attached hydrogen (secondary N) is 1. The SMILES string of the molecule is COc1cccc(C(=O)NC(C)CC(=O)O)c1O. The van der Waals surface area contributed by atoms with Crippen molar-refractivity contribution in [3.63, 3.8) is 0 Å². The second-order valence-corrected chi connectivity index (χ2v) is 3.83. The Morgan fingerprint density at radius 3 is 2.67 bits per heavy atom. The number of carbonyl (C=O) groups excluding carboxylic acids is 1. The van der Waals surface area contributed by atoms with Gasteiger partial charge in [0.25, 0.3) is 5.91 Å². The highest BCUT2D eigenvalue weighted by atomic mass is 16.5. The monoisotopic (exact) mass is 253 g/mol. The van der Waals surface area contributed by atoms with Crippen molar-refractivity contribution in [2.24, 2.45) is 0 Å². The van der Waals surface area contributed by atoms with E-state index in [1.54, 1.807) is 13.0 Å². The van der Waals surface area contributed by atoms with E-state index in [0.29, 0.717) is 0 Å². The predicted octanol–water partition coefficient (Wildman–Crippen LogP) is 0.994. The maximum absolute atomic E-state index is 11.8. The number of carboxylic acid groups (broad SMARTS) is 1. The number of aliphatic carboxylic acids is 1. The van der Waals surface area contributed by atoms with E-state index in [4.69, 9.17) is 9.84 Å². The second-order valence-electron chi connectivity index (χ2n) is 3.83. The molecule has 0 heterocycles. The molecular formula is C12H15NO5. The summed E-state index contributed by atoms with van der Waals surface area (Å²) in [7, 11) is 1.38. The Morgan fingerprint density at radius 2 is 2.11 bits per heavy atom. The molecule has 0 fully saturated rings. The Kier molecular flexibility index (Phi) is 4.53. The minimum atomic E-state index is -1.00. The van der Waals surface area contributed by atoms with Gasteiger partial charge in [0, 0.05) is 6.04 Å². The molecule has 0 aromatic heterocycles. The Bertz CT molecular complexity index is 458. The molecule has 3 N–H and O–H groups in total. The number of phenolic OH excluding ortho intramolecular Hbond substituents is 1. The first-order chi connectivity index (χ1) is 8.45. The van der Waals surface area contributed by atoms with Gasteiger partial charge >= 0.3 is 5.97 Å². The number of carboxylic acids is 1. The average Bonchev–Trinajstić information content (AvgIpc) is 2.27. The highest BCUT2D eigenvalue weighted by Crippen LogP contribution is 2.29. The minimum Gasteiger partial charge on any atom is -0.504 e. The molecule has 18 heavy (non-hydrogen) atoms. The van der Waals surface area contributed by atoms with Crippen molar-refractivity contribution >= 4 is 11.9 Å². The van der Waals surface area contributed by atoms with Gasteiger partial charge in [-0.05, 0) is 19.1 Å². The summed E-state index contributed by atoms with van der Waals surface area (Å²) in [6, 6.07) is 3.99. The van der Waals surface area contributed by atoms with E-state index in [9.17, 15) is 14.7 Å². The molecule has 1 amide bonds. The van der Waals surface area contributed by atoms with E-state index < -0.39 is 17.9 Å². The van der Waals surface area contributed by atoms with E-state index >= 15 is 0 Å². The molecule has 0 aliphatic heterocycles. The summed E-state index contributed by atoms with van der Waals surface area (Å²) < 4.78 is 4.88. The lowest BCUT2D eigenvalue weighted by molar-refractivity contribution is -0.137. The molecule has 6 heteroatoms. The van der Waals surface area contributed by atoms with Crippen molar-refractivity contribution in [2.75, 3.05) is 7.11 Å². The summed E-state index contributed by atoms with van der Waals surface area (Å²) in [5.74, 6) is -1.62. The van der Waals surface area contributed by atoms with Gasteiger partial charge < -0.3 is 20.3 Å². The summed E-state index contributed by atoms with van der Waals surface area (Å²) in [6.45, 7) is 1.57. The van der Waals surface area contributed by atoms with Gasteiger partial charge in [-0.1, -0.05) is 6.07 Å². The van der Waals surface area contributed by atoms with E-state index in [1.807, 2.05) is 0 Å². The number of rotatable bonds is 5. The molecule has 1 aromatic carbocycles. The molecule has 0 aliphatic carbocycles. The quantitative estimate of drug-likeness (QED) is 0.727. The third kappa shape index (κ3) is 3.38. The lowest BCUT2D eigenvalue weighted by Crippen LogP contribution is -2.34. The van der Waals surface area contributed by atoms with Crippen molar-refractivity contribution < 1.29 is 24.5 Å². The topological polar surface area (TPSA) is 95.9 Å². The Hall–Kier alpha value is -2.24. The number of hydrogen-bond donors (Lipinski definition) is 3. The first-order valence-corrected chi connectivity index (χ1v) is 5.34. The zero-order valence-electron chi connectivity index (χ0n) is 10.1. The molecule has 0 spiro atoms. The molecule has 0 bridgehead atoms. The molecule has 0 saturated carbocycles. The number of ether oxygens (including phenoxy) is 1. The Balaban J connectivity index is 2.81. The fraction of sp³-hybridized carbons (Fsp3) is 0.333. The number of para-hydroxylation sites is 1. The number of carbonyl (C=O) groups is 2. The lowest BCUT2D eigenvalue weighted by Gasteiger charge is -2.13. The second kappa shape index (κ2) is 5.90. The summed E-state index contributed by atoms with van der Waals surface area (Å²) in [6.07, 6.45) is -0.184. The molecule has 98 valence electrons. The summed E-state index contributed by atoms with van der Waals surface area (Å²) >= 11 is 0. The fourth-order valence-corrected chi connectivity index (χ4v) is 1.48. The van der Waals surface area contributed by atoms with Crippen LogP contribution in [0.1, 0.15) is 23.7 Å². The van der Waals surface area contributed by atoms with Gasteiger partial charge in [0.1, 0.15) is 0 Å². The molecule has 1 unspecified atom stereocenters. The maximum atomic E-state index is 11.8. The van der Waals surface area contributed by atoms with Crippen LogP contribution in [0, 0.1) is 0 Å². The molecule has 0 aliphatic rings. The summed E-state index contributed by atoms with van der Waals surface area (Å²) in [5, 5.41) is 20.8. The van der Waals surface area contributed by atoms with Crippen LogP contribution in [0.4, 0.5) is 0 Å². The van der Waals surface area contributed by atoms with E-state index in [2.05, 4.69) is 5.32 Å². The van der Waals surface area contributed by atoms with Gasteiger partial charge in [0.15, 0.2) is 11.5 Å². The average molecular weight is 253 g/mol. The number of amides is 1. The first kappa shape index (κ1) is 13.8. The molecule has 0 radical (unpaired) electrons. The third-order valence-corrected chi connectivity index (χ3v) is 2.32. The van der Waals surface area contributed by atoms with Gasteiger partial charge in [0.2, 0.25) is 0 Å². The van der Waals surface area contributed by atoms with Crippen molar-refractivity contribution in [3.05, 3.63) is 23.8 Å². The highest BCUT2D eigenvalue weighted by Gasteiger charge is 2.17. The smallest absolute Gasteiger partial charge is 0.305 e. The Labute approximate surface area is 104 Å². The molecular weight excluding hydrogens is 238 g/mol. The molecule has 1 rings (SSSR count). The van der Waals surface area contributed by atoms with Crippen LogP contribution in [0.15, 0.2) is 18.2 Å². The van der Waals surface area contributed by atoms with Crippen LogP contribution >= 0.6 is 0 Å². The van der Waals surface area contributed by atoms with Gasteiger partial charge in [-0.3, -0.25) is 9.59 Å². The summed E-state index contributed by atoms with van der Waals surface area (Å²) in [4.78, 5) is 22.3. The fourth-order valence-electron chi connectivity index (χ4n) is 1.48. The number of phenols is 1. The standard InChI is InChI=1S/C12H15NO5/c1-7(6-10(14)15)13-12(17)8-4-3-5-9(18-2)11(8)16/h3-5,7,16H,6H2,1-2H3,(H,13,17)(H,14,15). The van der Waals surface area contributed by atoms with Crippen LogP contribution in [-0.4, -0.2) is 35.2 Å². The largest absolute Gasteiger partial charge is 0.504 e. The van der Waals surface area contributed by atoms with Crippen LogP contribution in [0.25, 0.3) is 0 Å². The van der Waals surface area contributed by atoms with Gasteiger partial charge in [-0.2, -0.15) is 0 Å². The van der Waals surface area contributed by atoms with Crippen LogP contribution < -0.4 is 10.1 Å². The van der Waals surface area contributed by atoms with Crippen molar-refractivity contribution in [1.29, 1.82) is 0 Å². The molecule has 6 nitrogen and oxygen atoms in total. The molecule has 0 saturated heterocycles. The van der Waals surface area contributed by atoms with Crippen LogP contribution in [0.5, 0.6) is 11.5 Å². The van der Waals surface area contributed by atoms with Crippen molar-refractivity contribution in [3.8, 4) is 11.5 Å². The van der Waals surface area contributed by atoms with Crippen LogP contribution in [-0.2, 0) is 4.79 Å². The highest BCUT2D eigenvalue weighted by molar-refractivity contribution is 5.97. The minimum absolute atomic E-state index is 0.0478. The first-order valence-electron chi connectivity index (χ1n) is 5.34. The predicted molar refractivity (Wildman–Crippen MR) is 63.8 cm³/mol. The van der Waals surface area contributed by atoms with Crippen molar-refractivity contribution in [2.45, 2.75) is 19.4 Å². The summed E-state index contributed by atoms with van der Waals surface area (Å²) in [5.41, 5.74) is 0.0478. The Morgan fingerprint density at radius 1 is 1.44 bits per heavy atom. The van der Waals surface area contributed by atoms with Gasteiger partial charge in [-0.25, -0.2) is 0 Å². The van der Waals surface area contributed by atoms with Crippen LogP contribution in [0.3, 0.4) is 0 Å². The lowest BCUT2D eigenvalue weighted by atomic mass is 10.1. The normalized spacial score (nSPS) is 11.7. The molecule has 1 aromatic rings. The van der Waals surface area contributed by atoms with E-state index in [1.165, 1.54) is 19.2 Å². The molecule has 1 atom stereocenters. The van der Waals surface area contributed by atoms with Gasteiger partial charge in [-0.15, -0.1) is 0 Å². The third-order valence-electron chi connectivity index (χ3n) is 2.32. The van der Waals surface area contributed by atoms with Gasteiger partial charge in [0.05, 0.1) is 19.1 Å². The maximum Gasteiger partial charge on any atom is 0.305 e. The number of aromatic hydroxyl groups is 1. The van der Waals surface area contributed by atoms with E-state index in [-0.39, 0.29) is 23.5 Å². The number of methoxy groups -OCH3 is 1. The zero-order valence-corrected chi connectivity index (χ0v) is 10.1. The van der Waals surface area contributed by atoms with Crippen LogP contribution in [0.2, 0.25) is 0 Å².